The lowest BCUT2D eigenvalue weighted by Crippen LogP contribution is -2.04. The normalized spacial score (nSPS) is 12.5. The first-order valence-electron chi connectivity index (χ1n) is 5.38. The zero-order valence-corrected chi connectivity index (χ0v) is 12.8. The van der Waals surface area contributed by atoms with Crippen LogP contribution in [-0.2, 0) is 0 Å². The topological polar surface area (TPSA) is 20.2 Å². The van der Waals surface area contributed by atoms with Gasteiger partial charge in [0, 0.05) is 14.5 Å². The van der Waals surface area contributed by atoms with Crippen molar-refractivity contribution < 1.29 is 9.50 Å². The maximum absolute atomic E-state index is 13.7. The number of benzene rings is 2. The van der Waals surface area contributed by atoms with Crippen LogP contribution in [0.5, 0.6) is 0 Å². The summed E-state index contributed by atoms with van der Waals surface area (Å²) in [5.41, 5.74) is 1.89. The summed E-state index contributed by atoms with van der Waals surface area (Å²) >= 11 is 6.64. The van der Waals surface area contributed by atoms with Gasteiger partial charge in [-0.25, -0.2) is 4.39 Å². The molecule has 0 radical (unpaired) electrons. The van der Waals surface area contributed by atoms with Crippen molar-refractivity contribution >= 4 is 31.9 Å². The quantitative estimate of drug-likeness (QED) is 0.805. The third-order valence-corrected chi connectivity index (χ3v) is 3.78. The lowest BCUT2D eigenvalue weighted by atomic mass is 9.97. The molecule has 0 aliphatic heterocycles. The number of hydrogen-bond donors (Lipinski definition) is 1. The van der Waals surface area contributed by atoms with Gasteiger partial charge in [-0.05, 0) is 48.4 Å². The third kappa shape index (κ3) is 2.82. The van der Waals surface area contributed by atoms with Crippen molar-refractivity contribution in [2.45, 2.75) is 13.0 Å². The van der Waals surface area contributed by atoms with Crippen molar-refractivity contribution in [3.63, 3.8) is 0 Å². The molecule has 0 aliphatic rings. The van der Waals surface area contributed by atoms with E-state index in [1.165, 1.54) is 6.07 Å². The molecule has 2 rings (SSSR count). The summed E-state index contributed by atoms with van der Waals surface area (Å²) < 4.78 is 15.3. The fourth-order valence-electron chi connectivity index (χ4n) is 1.80. The van der Waals surface area contributed by atoms with E-state index in [-0.39, 0.29) is 5.56 Å². The van der Waals surface area contributed by atoms with Gasteiger partial charge in [-0.15, -0.1) is 0 Å². The molecule has 0 amide bonds. The van der Waals surface area contributed by atoms with Crippen LogP contribution in [0.25, 0.3) is 0 Å². The van der Waals surface area contributed by atoms with Crippen molar-refractivity contribution in [3.05, 3.63) is 67.9 Å². The zero-order chi connectivity index (χ0) is 13.3. The van der Waals surface area contributed by atoms with Crippen molar-refractivity contribution in [3.8, 4) is 0 Å². The molecule has 0 spiro atoms. The van der Waals surface area contributed by atoms with Crippen LogP contribution in [0.4, 0.5) is 4.39 Å². The number of hydrogen-bond acceptors (Lipinski definition) is 1. The third-order valence-electron chi connectivity index (χ3n) is 2.79. The van der Waals surface area contributed by atoms with Gasteiger partial charge in [0.1, 0.15) is 11.9 Å². The lowest BCUT2D eigenvalue weighted by molar-refractivity contribution is 0.214. The van der Waals surface area contributed by atoms with Crippen LogP contribution in [0, 0.1) is 12.7 Å². The van der Waals surface area contributed by atoms with E-state index in [4.69, 9.17) is 0 Å². The molecule has 18 heavy (non-hydrogen) atoms. The number of halogens is 3. The average molecular weight is 374 g/mol. The lowest BCUT2D eigenvalue weighted by Gasteiger charge is -2.15. The van der Waals surface area contributed by atoms with Crippen LogP contribution in [0.15, 0.2) is 45.3 Å². The van der Waals surface area contributed by atoms with Crippen LogP contribution in [-0.4, -0.2) is 5.11 Å². The molecule has 1 unspecified atom stereocenters. The Morgan fingerprint density at radius 3 is 2.22 bits per heavy atom. The Morgan fingerprint density at radius 1 is 1.00 bits per heavy atom. The van der Waals surface area contributed by atoms with Crippen molar-refractivity contribution in [1.82, 2.24) is 0 Å². The van der Waals surface area contributed by atoms with Crippen molar-refractivity contribution in [2.24, 2.45) is 0 Å². The molecule has 0 saturated heterocycles. The monoisotopic (exact) mass is 372 g/mol. The SMILES string of the molecule is Cc1ccc(Br)cc1C(O)c1cc(Br)ccc1F. The van der Waals surface area contributed by atoms with Gasteiger partial charge in [-0.3, -0.25) is 0 Å². The number of aryl methyl sites for hydroxylation is 1. The van der Waals surface area contributed by atoms with Crippen LogP contribution >= 0.6 is 31.9 Å². The van der Waals surface area contributed by atoms with E-state index in [0.29, 0.717) is 5.56 Å². The van der Waals surface area contributed by atoms with Gasteiger partial charge in [0.25, 0.3) is 0 Å². The highest BCUT2D eigenvalue weighted by Crippen LogP contribution is 2.30. The minimum atomic E-state index is -0.972. The minimum absolute atomic E-state index is 0.269. The van der Waals surface area contributed by atoms with Crippen LogP contribution in [0.2, 0.25) is 0 Å². The second kappa shape index (κ2) is 5.51. The standard InChI is InChI=1S/C14H11Br2FO/c1-8-2-3-9(15)6-11(8)14(18)12-7-10(16)4-5-13(12)17/h2-7,14,18H,1H3. The number of aliphatic hydroxyl groups is 1. The van der Waals surface area contributed by atoms with Gasteiger partial charge in [0.2, 0.25) is 0 Å². The molecule has 0 fully saturated rings. The summed E-state index contributed by atoms with van der Waals surface area (Å²) in [6.45, 7) is 1.89. The summed E-state index contributed by atoms with van der Waals surface area (Å²) in [5, 5.41) is 10.3. The molecule has 0 bridgehead atoms. The molecule has 94 valence electrons. The maximum Gasteiger partial charge on any atom is 0.129 e. The summed E-state index contributed by atoms with van der Waals surface area (Å²) in [6.07, 6.45) is -0.972. The molecular weight excluding hydrogens is 363 g/mol. The van der Waals surface area contributed by atoms with E-state index in [9.17, 15) is 9.50 Å². The second-order valence-corrected chi connectivity index (χ2v) is 5.90. The van der Waals surface area contributed by atoms with Gasteiger partial charge >= 0.3 is 0 Å². The fourth-order valence-corrected chi connectivity index (χ4v) is 2.56. The molecule has 2 aromatic carbocycles. The first-order chi connectivity index (χ1) is 8.49. The van der Waals surface area contributed by atoms with E-state index in [1.807, 2.05) is 19.1 Å². The minimum Gasteiger partial charge on any atom is -0.384 e. The van der Waals surface area contributed by atoms with E-state index >= 15 is 0 Å². The van der Waals surface area contributed by atoms with Crippen LogP contribution in [0.1, 0.15) is 22.8 Å². The molecule has 2 aromatic rings. The number of rotatable bonds is 2. The Hall–Kier alpha value is -0.710. The Kier molecular flexibility index (Phi) is 4.20. The molecule has 1 atom stereocenters. The van der Waals surface area contributed by atoms with Gasteiger partial charge < -0.3 is 5.11 Å². The second-order valence-electron chi connectivity index (χ2n) is 4.07. The highest BCUT2D eigenvalue weighted by molar-refractivity contribution is 9.10. The number of aliphatic hydroxyl groups excluding tert-OH is 1. The Morgan fingerprint density at radius 2 is 1.56 bits per heavy atom. The summed E-state index contributed by atoms with van der Waals surface area (Å²) in [6, 6.07) is 10.1. The smallest absolute Gasteiger partial charge is 0.129 e. The zero-order valence-electron chi connectivity index (χ0n) is 9.62. The van der Waals surface area contributed by atoms with E-state index in [0.717, 1.165) is 14.5 Å². The maximum atomic E-state index is 13.7. The first kappa shape index (κ1) is 13.7. The highest BCUT2D eigenvalue weighted by atomic mass is 79.9. The van der Waals surface area contributed by atoms with Crippen LogP contribution in [0.3, 0.4) is 0 Å². The summed E-state index contributed by atoms with van der Waals surface area (Å²) in [7, 11) is 0. The van der Waals surface area contributed by atoms with Gasteiger partial charge in [-0.1, -0.05) is 37.9 Å². The highest BCUT2D eigenvalue weighted by Gasteiger charge is 2.17. The van der Waals surface area contributed by atoms with Gasteiger partial charge in [0.05, 0.1) is 0 Å². The predicted molar refractivity (Wildman–Crippen MR) is 77.0 cm³/mol. The Bertz CT molecular complexity index is 533. The molecular formula is C14H11Br2FO. The molecule has 1 nitrogen and oxygen atoms in total. The molecule has 1 N–H and O–H groups in total. The summed E-state index contributed by atoms with van der Waals surface area (Å²) in [4.78, 5) is 0. The summed E-state index contributed by atoms with van der Waals surface area (Å²) in [5.74, 6) is -0.412. The van der Waals surface area contributed by atoms with Crippen LogP contribution < -0.4 is 0 Å². The van der Waals surface area contributed by atoms with Crippen molar-refractivity contribution in [2.75, 3.05) is 0 Å². The Labute approximate surface area is 122 Å². The molecule has 0 aliphatic carbocycles. The van der Waals surface area contributed by atoms with Gasteiger partial charge in [-0.2, -0.15) is 0 Å². The molecule has 0 aromatic heterocycles. The predicted octanol–water partition coefficient (Wildman–Crippen LogP) is 4.74. The first-order valence-corrected chi connectivity index (χ1v) is 6.96. The van der Waals surface area contributed by atoms with Crippen molar-refractivity contribution in [1.29, 1.82) is 0 Å². The molecule has 0 heterocycles. The van der Waals surface area contributed by atoms with E-state index < -0.39 is 11.9 Å². The van der Waals surface area contributed by atoms with E-state index in [2.05, 4.69) is 31.9 Å². The van der Waals surface area contributed by atoms with Gasteiger partial charge in [0.15, 0.2) is 0 Å². The molecule has 4 heteroatoms. The Balaban J connectivity index is 2.50. The average Bonchev–Trinajstić information content (AvgIpc) is 2.34. The largest absolute Gasteiger partial charge is 0.384 e. The molecule has 0 saturated carbocycles. The van der Waals surface area contributed by atoms with E-state index in [1.54, 1.807) is 18.2 Å². The fraction of sp³-hybridized carbons (Fsp3) is 0.143.